The Bertz CT molecular complexity index is 761. The van der Waals surface area contributed by atoms with Crippen LogP contribution in [0.4, 0.5) is 0 Å². The molecule has 0 atom stereocenters. The second kappa shape index (κ2) is 7.55. The van der Waals surface area contributed by atoms with Crippen molar-refractivity contribution in [3.8, 4) is 11.1 Å². The van der Waals surface area contributed by atoms with E-state index in [1.54, 1.807) is 34.8 Å². The Morgan fingerprint density at radius 3 is 2.57 bits per heavy atom. The van der Waals surface area contributed by atoms with Gasteiger partial charge in [-0.15, -0.1) is 22.7 Å². The first-order valence-corrected chi connectivity index (χ1v) is 9.19. The zero-order chi connectivity index (χ0) is 16.1. The molecule has 23 heavy (non-hydrogen) atoms. The number of carbonyl (C=O) groups is 1. The highest BCUT2D eigenvalue weighted by Crippen LogP contribution is 2.26. The van der Waals surface area contributed by atoms with Crippen molar-refractivity contribution in [2.24, 2.45) is 5.73 Å². The van der Waals surface area contributed by atoms with E-state index >= 15 is 0 Å². The molecule has 1 amide bonds. The van der Waals surface area contributed by atoms with Gasteiger partial charge in [0, 0.05) is 28.4 Å². The third-order valence-electron chi connectivity index (χ3n) is 3.58. The van der Waals surface area contributed by atoms with Crippen LogP contribution in [0.1, 0.15) is 20.1 Å². The topological polar surface area (TPSA) is 55.1 Å². The molecule has 0 aliphatic carbocycles. The fraction of sp³-hybridized carbons (Fsp3) is 0.167. The average molecular weight is 342 g/mol. The first-order valence-electron chi connectivity index (χ1n) is 7.43. The summed E-state index contributed by atoms with van der Waals surface area (Å²) in [7, 11) is 0. The monoisotopic (exact) mass is 342 g/mol. The van der Waals surface area contributed by atoms with Crippen LogP contribution in [0.3, 0.4) is 0 Å². The molecular formula is C18H18N2OS2. The predicted molar refractivity (Wildman–Crippen MR) is 98.0 cm³/mol. The number of hydrogen-bond acceptors (Lipinski definition) is 4. The average Bonchev–Trinajstić information content (AvgIpc) is 3.23. The molecular weight excluding hydrogens is 324 g/mol. The second-order valence-corrected chi connectivity index (χ2v) is 7.28. The Balaban J connectivity index is 1.54. The van der Waals surface area contributed by atoms with E-state index in [-0.39, 0.29) is 0 Å². The van der Waals surface area contributed by atoms with Gasteiger partial charge in [-0.3, -0.25) is 4.79 Å². The van der Waals surface area contributed by atoms with Gasteiger partial charge in [-0.25, -0.2) is 0 Å². The minimum Gasteiger partial charge on any atom is -0.366 e. The van der Waals surface area contributed by atoms with Crippen LogP contribution in [-0.4, -0.2) is 12.5 Å². The summed E-state index contributed by atoms with van der Waals surface area (Å²) in [4.78, 5) is 13.8. The van der Waals surface area contributed by atoms with Gasteiger partial charge in [-0.05, 0) is 52.6 Å². The van der Waals surface area contributed by atoms with Crippen LogP contribution in [0.15, 0.2) is 53.2 Å². The molecule has 0 aliphatic heterocycles. The molecule has 0 bridgehead atoms. The van der Waals surface area contributed by atoms with Gasteiger partial charge in [0.25, 0.3) is 0 Å². The third-order valence-corrected chi connectivity index (χ3v) is 5.46. The number of nitrogens with two attached hydrogens (primary N) is 1. The number of nitrogens with one attached hydrogen (secondary N) is 1. The summed E-state index contributed by atoms with van der Waals surface area (Å²) in [5.41, 5.74) is 8.10. The molecule has 0 aliphatic rings. The predicted octanol–water partition coefficient (Wildman–Crippen LogP) is 3.91. The van der Waals surface area contributed by atoms with Crippen molar-refractivity contribution >= 4 is 28.6 Å². The highest BCUT2D eigenvalue weighted by atomic mass is 32.1. The van der Waals surface area contributed by atoms with E-state index in [0.29, 0.717) is 5.56 Å². The van der Waals surface area contributed by atoms with Gasteiger partial charge in [0.05, 0.1) is 0 Å². The molecule has 2 aromatic heterocycles. The molecule has 3 aromatic rings. The van der Waals surface area contributed by atoms with Gasteiger partial charge < -0.3 is 11.1 Å². The van der Waals surface area contributed by atoms with Crippen molar-refractivity contribution in [2.45, 2.75) is 13.0 Å². The molecule has 0 radical (unpaired) electrons. The van der Waals surface area contributed by atoms with Crippen LogP contribution >= 0.6 is 22.7 Å². The van der Waals surface area contributed by atoms with Crippen molar-refractivity contribution in [3.63, 3.8) is 0 Å². The summed E-state index contributed by atoms with van der Waals surface area (Å²) in [6.45, 7) is 1.87. The standard InChI is InChI=1S/C18H18N2OS2/c19-18(21)14-5-3-13(4-6-14)15-10-17(23-12-15)11-20-8-7-16-2-1-9-22-16/h1-6,9-10,12,20H,7-8,11H2,(H2,19,21). The van der Waals surface area contributed by atoms with Crippen molar-refractivity contribution in [1.82, 2.24) is 5.32 Å². The van der Waals surface area contributed by atoms with E-state index in [0.717, 1.165) is 25.1 Å². The van der Waals surface area contributed by atoms with Gasteiger partial charge in [-0.1, -0.05) is 18.2 Å². The number of primary amides is 1. The van der Waals surface area contributed by atoms with Crippen LogP contribution in [0.5, 0.6) is 0 Å². The van der Waals surface area contributed by atoms with E-state index in [1.807, 2.05) is 12.1 Å². The molecule has 0 spiro atoms. The Labute approximate surface area is 143 Å². The zero-order valence-electron chi connectivity index (χ0n) is 12.6. The summed E-state index contributed by atoms with van der Waals surface area (Å²) in [6, 6.07) is 13.9. The van der Waals surface area contributed by atoms with Gasteiger partial charge >= 0.3 is 0 Å². The van der Waals surface area contributed by atoms with Gasteiger partial charge in [0.15, 0.2) is 0 Å². The number of carbonyl (C=O) groups excluding carboxylic acids is 1. The van der Waals surface area contributed by atoms with Crippen molar-refractivity contribution in [3.05, 3.63) is 68.5 Å². The number of hydrogen-bond donors (Lipinski definition) is 2. The van der Waals surface area contributed by atoms with Crippen molar-refractivity contribution < 1.29 is 4.79 Å². The van der Waals surface area contributed by atoms with Crippen LogP contribution < -0.4 is 11.1 Å². The fourth-order valence-corrected chi connectivity index (χ4v) is 3.90. The molecule has 0 saturated heterocycles. The van der Waals surface area contributed by atoms with E-state index in [2.05, 4.69) is 34.3 Å². The second-order valence-electron chi connectivity index (χ2n) is 5.25. The molecule has 2 heterocycles. The SMILES string of the molecule is NC(=O)c1ccc(-c2csc(CNCCc3cccs3)c2)cc1. The molecule has 3 nitrogen and oxygen atoms in total. The highest BCUT2D eigenvalue weighted by molar-refractivity contribution is 7.10. The lowest BCUT2D eigenvalue weighted by Crippen LogP contribution is -2.15. The number of amides is 1. The first-order chi connectivity index (χ1) is 11.2. The minimum absolute atomic E-state index is 0.391. The maximum absolute atomic E-state index is 11.1. The van der Waals surface area contributed by atoms with E-state index in [1.165, 1.54) is 15.3 Å². The summed E-state index contributed by atoms with van der Waals surface area (Å²) in [6.07, 6.45) is 1.07. The lowest BCUT2D eigenvalue weighted by atomic mass is 10.1. The van der Waals surface area contributed by atoms with E-state index in [4.69, 9.17) is 5.73 Å². The van der Waals surface area contributed by atoms with Gasteiger partial charge in [-0.2, -0.15) is 0 Å². The van der Waals surface area contributed by atoms with Gasteiger partial charge in [0.2, 0.25) is 5.91 Å². The smallest absolute Gasteiger partial charge is 0.248 e. The minimum atomic E-state index is -0.391. The molecule has 5 heteroatoms. The van der Waals surface area contributed by atoms with Crippen LogP contribution in [0.25, 0.3) is 11.1 Å². The number of benzene rings is 1. The van der Waals surface area contributed by atoms with Crippen LogP contribution in [-0.2, 0) is 13.0 Å². The maximum atomic E-state index is 11.1. The van der Waals surface area contributed by atoms with Gasteiger partial charge in [0.1, 0.15) is 0 Å². The maximum Gasteiger partial charge on any atom is 0.248 e. The molecule has 1 aromatic carbocycles. The third kappa shape index (κ3) is 4.28. The van der Waals surface area contributed by atoms with E-state index in [9.17, 15) is 4.79 Å². The molecule has 118 valence electrons. The molecule has 3 N–H and O–H groups in total. The van der Waals surface area contributed by atoms with Crippen molar-refractivity contribution in [1.29, 1.82) is 0 Å². The Kier molecular flexibility index (Phi) is 5.23. The Morgan fingerprint density at radius 1 is 1.04 bits per heavy atom. The van der Waals surface area contributed by atoms with E-state index < -0.39 is 5.91 Å². The summed E-state index contributed by atoms with van der Waals surface area (Å²) in [5, 5.41) is 7.75. The summed E-state index contributed by atoms with van der Waals surface area (Å²) < 4.78 is 0. The van der Waals surface area contributed by atoms with Crippen LogP contribution in [0.2, 0.25) is 0 Å². The number of rotatable bonds is 7. The quantitative estimate of drug-likeness (QED) is 0.640. The zero-order valence-corrected chi connectivity index (χ0v) is 14.3. The summed E-state index contributed by atoms with van der Waals surface area (Å²) in [5.74, 6) is -0.391. The molecule has 0 saturated carbocycles. The fourth-order valence-electron chi connectivity index (χ4n) is 2.33. The highest BCUT2D eigenvalue weighted by Gasteiger charge is 2.05. The first kappa shape index (κ1) is 15.9. The summed E-state index contributed by atoms with van der Waals surface area (Å²) >= 11 is 3.55. The Morgan fingerprint density at radius 2 is 1.87 bits per heavy atom. The normalized spacial score (nSPS) is 10.8. The Hall–Kier alpha value is -1.95. The largest absolute Gasteiger partial charge is 0.366 e. The molecule has 3 rings (SSSR count). The lowest BCUT2D eigenvalue weighted by Gasteiger charge is -2.01. The van der Waals surface area contributed by atoms with Crippen LogP contribution in [0, 0.1) is 0 Å². The van der Waals surface area contributed by atoms with Crippen molar-refractivity contribution in [2.75, 3.05) is 6.54 Å². The number of thiophene rings is 2. The molecule has 0 unspecified atom stereocenters. The molecule has 0 fully saturated rings. The lowest BCUT2D eigenvalue weighted by molar-refractivity contribution is 0.100.